The average molecular weight is 278 g/mol. The normalized spacial score (nSPS) is 10.4. The summed E-state index contributed by atoms with van der Waals surface area (Å²) >= 11 is 0. The molecule has 0 saturated heterocycles. The van der Waals surface area contributed by atoms with Crippen molar-refractivity contribution < 1.29 is 4.92 Å². The van der Waals surface area contributed by atoms with E-state index in [1.165, 1.54) is 16.7 Å². The second-order valence-corrected chi connectivity index (χ2v) is 4.55. The zero-order valence-corrected chi connectivity index (χ0v) is 10.9. The fraction of sp³-hybridized carbons (Fsp3) is 0.0667. The molecule has 2 heterocycles. The molecular formula is C15H10N4O2. The Bertz CT molecular complexity index is 863. The molecule has 0 spiro atoms. The molecule has 0 radical (unpaired) electrons. The summed E-state index contributed by atoms with van der Waals surface area (Å²) < 4.78 is 1.47. The molecule has 6 nitrogen and oxygen atoms in total. The number of nitriles is 1. The number of aromatic nitrogens is 2. The van der Waals surface area contributed by atoms with Gasteiger partial charge in [0.05, 0.1) is 16.8 Å². The van der Waals surface area contributed by atoms with E-state index in [0.717, 1.165) is 5.56 Å². The highest BCUT2D eigenvalue weighted by Gasteiger charge is 2.15. The molecule has 0 N–H and O–H groups in total. The van der Waals surface area contributed by atoms with Crippen LogP contribution in [0.15, 0.2) is 48.7 Å². The van der Waals surface area contributed by atoms with Gasteiger partial charge in [-0.1, -0.05) is 30.3 Å². The van der Waals surface area contributed by atoms with Gasteiger partial charge in [0, 0.05) is 12.5 Å². The van der Waals surface area contributed by atoms with E-state index in [1.807, 2.05) is 30.3 Å². The highest BCUT2D eigenvalue weighted by Crippen LogP contribution is 2.19. The van der Waals surface area contributed by atoms with Crippen molar-refractivity contribution in [1.29, 1.82) is 5.26 Å². The van der Waals surface area contributed by atoms with E-state index in [9.17, 15) is 15.4 Å². The summed E-state index contributed by atoms with van der Waals surface area (Å²) in [6.07, 6.45) is 1.84. The lowest BCUT2D eigenvalue weighted by atomic mass is 10.1. The molecule has 6 heteroatoms. The smallest absolute Gasteiger partial charge is 0.284 e. The van der Waals surface area contributed by atoms with Gasteiger partial charge in [0.1, 0.15) is 17.4 Å². The number of hydrogen-bond donors (Lipinski definition) is 0. The van der Waals surface area contributed by atoms with E-state index >= 15 is 0 Å². The first-order valence-corrected chi connectivity index (χ1v) is 6.28. The molecular weight excluding hydrogens is 268 g/mol. The molecule has 21 heavy (non-hydrogen) atoms. The standard InChI is InChI=1S/C15H10N4O2/c16-9-14-13(8-11-4-2-1-3-5-11)17-15-7-6-12(19(20)21)10-18(14)15/h1-7,10H,8H2. The molecule has 0 aliphatic heterocycles. The predicted molar refractivity (Wildman–Crippen MR) is 75.8 cm³/mol. The fourth-order valence-electron chi connectivity index (χ4n) is 2.22. The molecule has 0 fully saturated rings. The molecule has 3 rings (SSSR count). The molecule has 0 saturated carbocycles. The highest BCUT2D eigenvalue weighted by atomic mass is 16.6. The van der Waals surface area contributed by atoms with Crippen LogP contribution in [0.3, 0.4) is 0 Å². The van der Waals surface area contributed by atoms with Crippen molar-refractivity contribution in [3.63, 3.8) is 0 Å². The van der Waals surface area contributed by atoms with Crippen molar-refractivity contribution in [2.75, 3.05) is 0 Å². The number of fused-ring (bicyclic) bond motifs is 1. The molecule has 0 unspecified atom stereocenters. The van der Waals surface area contributed by atoms with Gasteiger partial charge in [-0.3, -0.25) is 14.5 Å². The quantitative estimate of drug-likeness (QED) is 0.544. The molecule has 0 aliphatic carbocycles. The van der Waals surface area contributed by atoms with Crippen LogP contribution < -0.4 is 0 Å². The summed E-state index contributed by atoms with van der Waals surface area (Å²) in [6.45, 7) is 0. The lowest BCUT2D eigenvalue weighted by molar-refractivity contribution is -0.385. The summed E-state index contributed by atoms with van der Waals surface area (Å²) in [5.74, 6) is 0. The van der Waals surface area contributed by atoms with Gasteiger partial charge in [-0.05, 0) is 11.6 Å². The summed E-state index contributed by atoms with van der Waals surface area (Å²) in [5.41, 5.74) is 2.44. The second-order valence-electron chi connectivity index (χ2n) is 4.55. The fourth-order valence-corrected chi connectivity index (χ4v) is 2.22. The summed E-state index contributed by atoms with van der Waals surface area (Å²) in [5, 5.41) is 20.2. The Morgan fingerprint density at radius 3 is 2.67 bits per heavy atom. The van der Waals surface area contributed by atoms with Crippen molar-refractivity contribution in [3.05, 3.63) is 75.7 Å². The van der Waals surface area contributed by atoms with E-state index in [0.29, 0.717) is 23.5 Å². The summed E-state index contributed by atoms with van der Waals surface area (Å²) in [4.78, 5) is 14.7. The third kappa shape index (κ3) is 2.32. The Balaban J connectivity index is 2.11. The third-order valence-electron chi connectivity index (χ3n) is 3.21. The number of nitro groups is 1. The third-order valence-corrected chi connectivity index (χ3v) is 3.21. The van der Waals surface area contributed by atoms with Crippen LogP contribution in [0, 0.1) is 21.4 Å². The zero-order chi connectivity index (χ0) is 14.8. The van der Waals surface area contributed by atoms with Crippen molar-refractivity contribution in [2.24, 2.45) is 0 Å². The Morgan fingerprint density at radius 1 is 1.24 bits per heavy atom. The predicted octanol–water partition coefficient (Wildman–Crippen LogP) is 2.70. The van der Waals surface area contributed by atoms with Gasteiger partial charge in [0.25, 0.3) is 5.69 Å². The minimum Gasteiger partial charge on any atom is -0.284 e. The zero-order valence-electron chi connectivity index (χ0n) is 10.9. The summed E-state index contributed by atoms with van der Waals surface area (Å²) in [6, 6.07) is 14.7. The maximum atomic E-state index is 10.8. The van der Waals surface area contributed by atoms with Crippen LogP contribution in [0.25, 0.3) is 5.65 Å². The number of rotatable bonds is 3. The van der Waals surface area contributed by atoms with Gasteiger partial charge in [-0.15, -0.1) is 0 Å². The molecule has 102 valence electrons. The van der Waals surface area contributed by atoms with Gasteiger partial charge < -0.3 is 0 Å². The van der Waals surface area contributed by atoms with Gasteiger partial charge in [0.15, 0.2) is 0 Å². The topological polar surface area (TPSA) is 84.2 Å². The van der Waals surface area contributed by atoms with Crippen LogP contribution in [0.5, 0.6) is 0 Å². The van der Waals surface area contributed by atoms with Crippen LogP contribution in [-0.2, 0) is 6.42 Å². The molecule has 1 aromatic carbocycles. The lowest BCUT2D eigenvalue weighted by Gasteiger charge is -1.98. The molecule has 2 aromatic heterocycles. The molecule has 0 bridgehead atoms. The van der Waals surface area contributed by atoms with Crippen LogP contribution in [-0.4, -0.2) is 14.3 Å². The van der Waals surface area contributed by atoms with Gasteiger partial charge in [-0.2, -0.15) is 5.26 Å². The molecule has 3 aromatic rings. The van der Waals surface area contributed by atoms with Crippen molar-refractivity contribution in [1.82, 2.24) is 9.38 Å². The van der Waals surface area contributed by atoms with E-state index in [-0.39, 0.29) is 5.69 Å². The number of hydrogen-bond acceptors (Lipinski definition) is 4. The van der Waals surface area contributed by atoms with Gasteiger partial charge >= 0.3 is 0 Å². The van der Waals surface area contributed by atoms with Crippen LogP contribution in [0.1, 0.15) is 17.0 Å². The van der Waals surface area contributed by atoms with E-state index in [2.05, 4.69) is 11.1 Å². The summed E-state index contributed by atoms with van der Waals surface area (Å²) in [7, 11) is 0. The molecule has 0 amide bonds. The van der Waals surface area contributed by atoms with Gasteiger partial charge in [-0.25, -0.2) is 4.98 Å². The van der Waals surface area contributed by atoms with Crippen molar-refractivity contribution in [3.8, 4) is 6.07 Å². The Labute approximate surface area is 120 Å². The van der Waals surface area contributed by atoms with E-state index in [4.69, 9.17) is 0 Å². The number of pyridine rings is 1. The molecule has 0 aliphatic rings. The number of nitrogens with zero attached hydrogens (tertiary/aromatic N) is 4. The van der Waals surface area contributed by atoms with Crippen molar-refractivity contribution in [2.45, 2.75) is 6.42 Å². The Morgan fingerprint density at radius 2 is 2.00 bits per heavy atom. The van der Waals surface area contributed by atoms with Crippen molar-refractivity contribution >= 4 is 11.3 Å². The molecule has 0 atom stereocenters. The minimum absolute atomic E-state index is 0.0670. The highest BCUT2D eigenvalue weighted by molar-refractivity contribution is 5.51. The first-order chi connectivity index (χ1) is 10.2. The largest absolute Gasteiger partial charge is 0.286 e. The maximum Gasteiger partial charge on any atom is 0.286 e. The van der Waals surface area contributed by atoms with E-state index < -0.39 is 4.92 Å². The van der Waals surface area contributed by atoms with Crippen LogP contribution in [0.2, 0.25) is 0 Å². The van der Waals surface area contributed by atoms with Gasteiger partial charge in [0.2, 0.25) is 0 Å². The Hall–Kier alpha value is -3.20. The first-order valence-electron chi connectivity index (χ1n) is 6.28. The average Bonchev–Trinajstić information content (AvgIpc) is 2.84. The monoisotopic (exact) mass is 278 g/mol. The van der Waals surface area contributed by atoms with Crippen LogP contribution >= 0.6 is 0 Å². The SMILES string of the molecule is N#Cc1c(Cc2ccccc2)nc2ccc([N+](=O)[O-])cn12. The van der Waals surface area contributed by atoms with E-state index in [1.54, 1.807) is 6.07 Å². The maximum absolute atomic E-state index is 10.8. The number of imidazole rings is 1. The second kappa shape index (κ2) is 5.06. The minimum atomic E-state index is -0.489. The first kappa shape index (κ1) is 12.8. The number of benzene rings is 1. The van der Waals surface area contributed by atoms with Crippen LogP contribution in [0.4, 0.5) is 5.69 Å². The Kier molecular flexibility index (Phi) is 3.09. The lowest BCUT2D eigenvalue weighted by Crippen LogP contribution is -1.95.